The van der Waals surface area contributed by atoms with E-state index in [1.54, 1.807) is 4.90 Å². The van der Waals surface area contributed by atoms with E-state index in [2.05, 4.69) is 15.5 Å². The maximum Gasteiger partial charge on any atom is 0.329 e. The fourth-order valence-corrected chi connectivity index (χ4v) is 3.41. The van der Waals surface area contributed by atoms with Gasteiger partial charge in [0.2, 0.25) is 5.89 Å². The number of hydrogen-bond donors (Lipinski definition) is 2. The average Bonchev–Trinajstić information content (AvgIpc) is 3.13. The van der Waals surface area contributed by atoms with Crippen molar-refractivity contribution in [2.45, 2.75) is 56.9 Å². The highest BCUT2D eigenvalue weighted by atomic mass is 16.5. The van der Waals surface area contributed by atoms with Crippen LogP contribution in [0.1, 0.15) is 63.1 Å². The van der Waals surface area contributed by atoms with Gasteiger partial charge >= 0.3 is 12.0 Å². The summed E-state index contributed by atoms with van der Waals surface area (Å²) in [5, 5.41) is 16.3. The van der Waals surface area contributed by atoms with Gasteiger partial charge in [0.05, 0.1) is 5.92 Å². The number of carboxylic acid groups (broad SMARTS) is 1. The SMILES string of the molecule is CC(C)c1noc([C@H]2CCCN(C(=O)NC3(C(=O)O)CCOCC3)C2)n1. The molecule has 2 amide bonds. The van der Waals surface area contributed by atoms with E-state index in [9.17, 15) is 14.7 Å². The van der Waals surface area contributed by atoms with Crippen LogP contribution in [0, 0.1) is 0 Å². The molecule has 144 valence electrons. The van der Waals surface area contributed by atoms with Gasteiger partial charge in [-0.3, -0.25) is 0 Å². The van der Waals surface area contributed by atoms with E-state index in [0.29, 0.717) is 38.0 Å². The fourth-order valence-electron chi connectivity index (χ4n) is 3.41. The topological polar surface area (TPSA) is 118 Å². The van der Waals surface area contributed by atoms with Crippen LogP contribution in [0.15, 0.2) is 4.52 Å². The van der Waals surface area contributed by atoms with Crippen molar-refractivity contribution in [2.75, 3.05) is 26.3 Å². The van der Waals surface area contributed by atoms with Gasteiger partial charge in [0.25, 0.3) is 0 Å². The number of ether oxygens (including phenoxy) is 1. The number of piperidine rings is 1. The molecule has 1 atom stereocenters. The quantitative estimate of drug-likeness (QED) is 0.833. The summed E-state index contributed by atoms with van der Waals surface area (Å²) in [6.45, 7) is 5.67. The third-order valence-electron chi connectivity index (χ3n) is 5.13. The van der Waals surface area contributed by atoms with Crippen molar-refractivity contribution in [3.05, 3.63) is 11.7 Å². The first-order valence-electron chi connectivity index (χ1n) is 9.13. The monoisotopic (exact) mass is 366 g/mol. The molecule has 0 aliphatic carbocycles. The van der Waals surface area contributed by atoms with E-state index in [1.807, 2.05) is 13.8 Å². The first-order chi connectivity index (χ1) is 12.4. The summed E-state index contributed by atoms with van der Waals surface area (Å²) in [6, 6.07) is -0.359. The molecule has 0 unspecified atom stereocenters. The van der Waals surface area contributed by atoms with Crippen molar-refractivity contribution < 1.29 is 24.0 Å². The summed E-state index contributed by atoms with van der Waals surface area (Å²) in [4.78, 5) is 30.5. The van der Waals surface area contributed by atoms with Crippen molar-refractivity contribution in [2.24, 2.45) is 0 Å². The van der Waals surface area contributed by atoms with Crippen LogP contribution in [0.5, 0.6) is 0 Å². The molecule has 0 aromatic carbocycles. The Bertz CT molecular complexity index is 653. The molecule has 0 spiro atoms. The Kier molecular flexibility index (Phi) is 5.45. The Labute approximate surface area is 152 Å². The molecule has 0 radical (unpaired) electrons. The van der Waals surface area contributed by atoms with E-state index in [4.69, 9.17) is 9.26 Å². The zero-order valence-electron chi connectivity index (χ0n) is 15.2. The van der Waals surface area contributed by atoms with Crippen LogP contribution in [-0.2, 0) is 9.53 Å². The number of likely N-dealkylation sites (tertiary alicyclic amines) is 1. The van der Waals surface area contributed by atoms with Crippen LogP contribution >= 0.6 is 0 Å². The van der Waals surface area contributed by atoms with Gasteiger partial charge in [-0.2, -0.15) is 4.98 Å². The summed E-state index contributed by atoms with van der Waals surface area (Å²) in [5.74, 6) is 0.351. The molecule has 2 aliphatic heterocycles. The predicted octanol–water partition coefficient (Wildman–Crippen LogP) is 1.72. The molecule has 26 heavy (non-hydrogen) atoms. The second-order valence-electron chi connectivity index (χ2n) is 7.36. The smallest absolute Gasteiger partial charge is 0.329 e. The van der Waals surface area contributed by atoms with Crippen LogP contribution in [0.4, 0.5) is 4.79 Å². The molecule has 0 saturated carbocycles. The maximum absolute atomic E-state index is 12.7. The molecule has 2 aliphatic rings. The van der Waals surface area contributed by atoms with E-state index < -0.39 is 11.5 Å². The van der Waals surface area contributed by atoms with Crippen molar-refractivity contribution in [1.29, 1.82) is 0 Å². The number of amides is 2. The Balaban J connectivity index is 1.66. The molecule has 9 nitrogen and oxygen atoms in total. The number of carbonyl (C=O) groups excluding carboxylic acids is 1. The lowest BCUT2D eigenvalue weighted by molar-refractivity contribution is -0.148. The second-order valence-corrected chi connectivity index (χ2v) is 7.36. The molecular formula is C17H26N4O5. The van der Waals surface area contributed by atoms with Crippen LogP contribution in [0.25, 0.3) is 0 Å². The molecule has 2 N–H and O–H groups in total. The van der Waals surface area contributed by atoms with Crippen LogP contribution in [0.2, 0.25) is 0 Å². The molecule has 1 aromatic heterocycles. The highest BCUT2D eigenvalue weighted by molar-refractivity contribution is 5.86. The standard InChI is InChI=1S/C17H26N4O5/c1-11(2)13-18-14(26-20-13)12-4-3-7-21(10-12)16(24)19-17(15(22)23)5-8-25-9-6-17/h11-12H,3-10H2,1-2H3,(H,19,24)(H,22,23)/t12-/m0/s1. The number of carbonyl (C=O) groups is 2. The van der Waals surface area contributed by atoms with Gasteiger partial charge in [0.1, 0.15) is 5.54 Å². The number of carboxylic acids is 1. The van der Waals surface area contributed by atoms with Gasteiger partial charge in [0, 0.05) is 45.1 Å². The molecule has 0 bridgehead atoms. The summed E-state index contributed by atoms with van der Waals surface area (Å²) in [7, 11) is 0. The Morgan fingerprint density at radius 3 is 2.69 bits per heavy atom. The predicted molar refractivity (Wildman–Crippen MR) is 90.9 cm³/mol. The number of urea groups is 1. The number of aliphatic carboxylic acids is 1. The zero-order valence-corrected chi connectivity index (χ0v) is 15.2. The molecule has 3 heterocycles. The van der Waals surface area contributed by atoms with Crippen molar-refractivity contribution >= 4 is 12.0 Å². The normalized spacial score (nSPS) is 23.0. The van der Waals surface area contributed by atoms with E-state index >= 15 is 0 Å². The van der Waals surface area contributed by atoms with Gasteiger partial charge in [-0.15, -0.1) is 0 Å². The number of hydrogen-bond acceptors (Lipinski definition) is 6. The largest absolute Gasteiger partial charge is 0.480 e. The number of aromatic nitrogens is 2. The molecule has 9 heteroatoms. The maximum atomic E-state index is 12.7. The summed E-state index contributed by atoms with van der Waals surface area (Å²) < 4.78 is 10.6. The van der Waals surface area contributed by atoms with Gasteiger partial charge in [0.15, 0.2) is 5.82 Å². The van der Waals surface area contributed by atoms with Crippen molar-refractivity contribution in [3.8, 4) is 0 Å². The zero-order chi connectivity index (χ0) is 18.7. The van der Waals surface area contributed by atoms with E-state index in [-0.39, 0.29) is 30.7 Å². The summed E-state index contributed by atoms with van der Waals surface area (Å²) in [6.07, 6.45) is 2.21. The van der Waals surface area contributed by atoms with Gasteiger partial charge in [-0.05, 0) is 12.8 Å². The second kappa shape index (κ2) is 7.61. The number of nitrogens with one attached hydrogen (secondary N) is 1. The fraction of sp³-hybridized carbons (Fsp3) is 0.765. The van der Waals surface area contributed by atoms with Crippen LogP contribution < -0.4 is 5.32 Å². The molecule has 3 rings (SSSR count). The minimum Gasteiger partial charge on any atom is -0.480 e. The molecule has 2 fully saturated rings. The van der Waals surface area contributed by atoms with Crippen LogP contribution in [0.3, 0.4) is 0 Å². The third kappa shape index (κ3) is 3.82. The lowest BCUT2D eigenvalue weighted by atomic mass is 9.90. The highest BCUT2D eigenvalue weighted by Crippen LogP contribution is 2.28. The lowest BCUT2D eigenvalue weighted by Gasteiger charge is -2.37. The van der Waals surface area contributed by atoms with Crippen molar-refractivity contribution in [1.82, 2.24) is 20.4 Å². The van der Waals surface area contributed by atoms with Crippen molar-refractivity contribution in [3.63, 3.8) is 0 Å². The molecule has 2 saturated heterocycles. The first-order valence-corrected chi connectivity index (χ1v) is 9.13. The molecule has 1 aromatic rings. The van der Waals surface area contributed by atoms with E-state index in [0.717, 1.165) is 12.8 Å². The van der Waals surface area contributed by atoms with Gasteiger partial charge in [-0.1, -0.05) is 19.0 Å². The third-order valence-corrected chi connectivity index (χ3v) is 5.13. The Morgan fingerprint density at radius 1 is 1.35 bits per heavy atom. The first kappa shape index (κ1) is 18.6. The number of rotatable bonds is 4. The minimum absolute atomic E-state index is 0.0232. The summed E-state index contributed by atoms with van der Waals surface area (Å²) in [5.41, 5.74) is -1.25. The summed E-state index contributed by atoms with van der Waals surface area (Å²) >= 11 is 0. The number of nitrogens with zero attached hydrogens (tertiary/aromatic N) is 3. The van der Waals surface area contributed by atoms with E-state index in [1.165, 1.54) is 0 Å². The van der Waals surface area contributed by atoms with Gasteiger partial charge < -0.3 is 24.6 Å². The lowest BCUT2D eigenvalue weighted by Crippen LogP contribution is -2.61. The Hall–Kier alpha value is -2.16. The van der Waals surface area contributed by atoms with Crippen LogP contribution in [-0.4, -0.2) is 64.0 Å². The Morgan fingerprint density at radius 2 is 2.08 bits per heavy atom. The molecular weight excluding hydrogens is 340 g/mol. The average molecular weight is 366 g/mol. The highest BCUT2D eigenvalue weighted by Gasteiger charge is 2.43. The minimum atomic E-state index is -1.25. The van der Waals surface area contributed by atoms with Gasteiger partial charge in [-0.25, -0.2) is 9.59 Å².